The van der Waals surface area contributed by atoms with Crippen LogP contribution in [0.4, 0.5) is 0 Å². The maximum atomic E-state index is 11.4. The van der Waals surface area contributed by atoms with E-state index in [9.17, 15) is 4.79 Å². The van der Waals surface area contributed by atoms with Crippen LogP contribution in [0, 0.1) is 0 Å². The molecule has 0 saturated carbocycles. The highest BCUT2D eigenvalue weighted by Crippen LogP contribution is 2.08. The van der Waals surface area contributed by atoms with Crippen LogP contribution < -0.4 is 5.32 Å². The van der Waals surface area contributed by atoms with Crippen molar-refractivity contribution in [2.24, 2.45) is 0 Å². The van der Waals surface area contributed by atoms with Gasteiger partial charge in [-0.1, -0.05) is 6.07 Å². The van der Waals surface area contributed by atoms with Gasteiger partial charge in [-0.2, -0.15) is 0 Å². The first-order valence-electron chi connectivity index (χ1n) is 4.53. The van der Waals surface area contributed by atoms with E-state index in [1.54, 1.807) is 18.4 Å². The van der Waals surface area contributed by atoms with Gasteiger partial charge in [0.25, 0.3) is 0 Å². The maximum Gasteiger partial charge on any atom is 0.225 e. The number of nitrogens with one attached hydrogen (secondary N) is 1. The number of carbonyl (C=O) groups excluding carboxylic acids is 1. The second-order valence-electron chi connectivity index (χ2n) is 3.18. The van der Waals surface area contributed by atoms with Gasteiger partial charge < -0.3 is 10.1 Å². The predicted octanol–water partition coefficient (Wildman–Crippen LogP) is 1.44. The van der Waals surface area contributed by atoms with E-state index in [0.29, 0.717) is 13.0 Å². The van der Waals surface area contributed by atoms with Crippen LogP contribution in [0.25, 0.3) is 0 Å². The Morgan fingerprint density at radius 2 is 2.50 bits per heavy atom. The number of hydrogen-bond donors (Lipinski definition) is 1. The molecule has 1 amide bonds. The number of carbonyl (C=O) groups is 1. The molecule has 0 aromatic carbocycles. The van der Waals surface area contributed by atoms with Crippen LogP contribution in [0.2, 0.25) is 0 Å². The molecule has 1 N–H and O–H groups in total. The molecule has 0 bridgehead atoms. The third-order valence-electron chi connectivity index (χ3n) is 1.74. The summed E-state index contributed by atoms with van der Waals surface area (Å²) < 4.78 is 4.93. The Bertz CT molecular complexity index is 272. The van der Waals surface area contributed by atoms with E-state index in [1.165, 1.54) is 0 Å². The minimum atomic E-state index is 0.0528. The SMILES string of the molecule is COC[C@@H](C)NC(=O)Cc1cccs1. The Balaban J connectivity index is 2.29. The van der Waals surface area contributed by atoms with Crippen molar-refractivity contribution in [1.82, 2.24) is 5.32 Å². The van der Waals surface area contributed by atoms with E-state index in [1.807, 2.05) is 24.4 Å². The van der Waals surface area contributed by atoms with Gasteiger partial charge in [0.15, 0.2) is 0 Å². The summed E-state index contributed by atoms with van der Waals surface area (Å²) >= 11 is 1.60. The van der Waals surface area contributed by atoms with Crippen LogP contribution in [0.3, 0.4) is 0 Å². The molecule has 78 valence electrons. The van der Waals surface area contributed by atoms with Crippen LogP contribution in [0.15, 0.2) is 17.5 Å². The minimum absolute atomic E-state index is 0.0528. The van der Waals surface area contributed by atoms with Gasteiger partial charge in [-0.3, -0.25) is 4.79 Å². The molecule has 14 heavy (non-hydrogen) atoms. The van der Waals surface area contributed by atoms with Gasteiger partial charge >= 0.3 is 0 Å². The predicted molar refractivity (Wildman–Crippen MR) is 57.5 cm³/mol. The molecule has 0 aliphatic rings. The molecular formula is C10H15NO2S. The molecule has 1 aromatic rings. The molecule has 0 unspecified atom stereocenters. The molecule has 1 heterocycles. The van der Waals surface area contributed by atoms with Gasteiger partial charge in [0.05, 0.1) is 13.0 Å². The number of ether oxygens (including phenoxy) is 1. The second-order valence-corrected chi connectivity index (χ2v) is 4.21. The van der Waals surface area contributed by atoms with E-state index in [0.717, 1.165) is 4.88 Å². The molecule has 1 atom stereocenters. The molecule has 0 spiro atoms. The summed E-state index contributed by atoms with van der Waals surface area (Å²) in [5.74, 6) is 0.0528. The summed E-state index contributed by atoms with van der Waals surface area (Å²) in [7, 11) is 1.63. The van der Waals surface area contributed by atoms with Crippen molar-refractivity contribution in [3.63, 3.8) is 0 Å². The second kappa shape index (κ2) is 5.78. The Morgan fingerprint density at radius 1 is 1.71 bits per heavy atom. The fourth-order valence-corrected chi connectivity index (χ4v) is 1.89. The highest BCUT2D eigenvalue weighted by molar-refractivity contribution is 7.10. The van der Waals surface area contributed by atoms with Gasteiger partial charge in [0.1, 0.15) is 0 Å². The zero-order valence-electron chi connectivity index (χ0n) is 8.45. The molecule has 0 radical (unpaired) electrons. The molecule has 4 heteroatoms. The van der Waals surface area contributed by atoms with Gasteiger partial charge in [-0.15, -0.1) is 11.3 Å². The standard InChI is InChI=1S/C10H15NO2S/c1-8(7-13-2)11-10(12)6-9-4-3-5-14-9/h3-5,8H,6-7H2,1-2H3,(H,11,12)/t8-/m1/s1. The zero-order chi connectivity index (χ0) is 10.4. The molecular weight excluding hydrogens is 198 g/mol. The number of rotatable bonds is 5. The van der Waals surface area contributed by atoms with Gasteiger partial charge in [-0.25, -0.2) is 0 Å². The number of amides is 1. The molecule has 0 aliphatic carbocycles. The van der Waals surface area contributed by atoms with Gasteiger partial charge in [-0.05, 0) is 18.4 Å². The van der Waals surface area contributed by atoms with Crippen LogP contribution in [0.1, 0.15) is 11.8 Å². The smallest absolute Gasteiger partial charge is 0.225 e. The summed E-state index contributed by atoms with van der Waals surface area (Å²) in [6, 6.07) is 3.99. The zero-order valence-corrected chi connectivity index (χ0v) is 9.26. The Hall–Kier alpha value is -0.870. The number of thiophene rings is 1. The Labute approximate surface area is 88.1 Å². The average Bonchev–Trinajstić information content (AvgIpc) is 2.56. The van der Waals surface area contributed by atoms with Gasteiger partial charge in [0.2, 0.25) is 5.91 Å². The molecule has 0 saturated heterocycles. The summed E-state index contributed by atoms with van der Waals surface area (Å²) in [6.45, 7) is 2.48. The molecule has 3 nitrogen and oxygen atoms in total. The quantitative estimate of drug-likeness (QED) is 0.803. The van der Waals surface area contributed by atoms with E-state index in [4.69, 9.17) is 4.74 Å². The molecule has 0 fully saturated rings. The first kappa shape index (κ1) is 11.2. The lowest BCUT2D eigenvalue weighted by molar-refractivity contribution is -0.121. The highest BCUT2D eigenvalue weighted by atomic mass is 32.1. The summed E-state index contributed by atoms with van der Waals surface area (Å²) in [5.41, 5.74) is 0. The monoisotopic (exact) mass is 213 g/mol. The third kappa shape index (κ3) is 3.89. The maximum absolute atomic E-state index is 11.4. The van der Waals surface area contributed by atoms with Crippen molar-refractivity contribution < 1.29 is 9.53 Å². The Kier molecular flexibility index (Phi) is 4.62. The van der Waals surface area contributed by atoms with Crippen LogP contribution in [-0.4, -0.2) is 25.7 Å². The van der Waals surface area contributed by atoms with Gasteiger partial charge in [0, 0.05) is 18.0 Å². The highest BCUT2D eigenvalue weighted by Gasteiger charge is 2.07. The van der Waals surface area contributed by atoms with E-state index in [2.05, 4.69) is 5.32 Å². The summed E-state index contributed by atoms with van der Waals surface area (Å²) in [6.07, 6.45) is 0.464. The summed E-state index contributed by atoms with van der Waals surface area (Å²) in [5, 5.41) is 4.84. The fourth-order valence-electron chi connectivity index (χ4n) is 1.19. The summed E-state index contributed by atoms with van der Waals surface area (Å²) in [4.78, 5) is 12.5. The lowest BCUT2D eigenvalue weighted by atomic mass is 10.3. The van der Waals surface area contributed by atoms with Crippen LogP contribution in [-0.2, 0) is 16.0 Å². The normalized spacial score (nSPS) is 12.4. The van der Waals surface area contributed by atoms with E-state index < -0.39 is 0 Å². The number of hydrogen-bond acceptors (Lipinski definition) is 3. The van der Waals surface area contributed by atoms with E-state index >= 15 is 0 Å². The largest absolute Gasteiger partial charge is 0.383 e. The first-order chi connectivity index (χ1) is 6.72. The van der Waals surface area contributed by atoms with Crippen molar-refractivity contribution in [3.8, 4) is 0 Å². The van der Waals surface area contributed by atoms with Crippen LogP contribution in [0.5, 0.6) is 0 Å². The first-order valence-corrected chi connectivity index (χ1v) is 5.41. The van der Waals surface area contributed by atoms with Crippen molar-refractivity contribution in [2.75, 3.05) is 13.7 Å². The lowest BCUT2D eigenvalue weighted by Gasteiger charge is -2.11. The molecule has 0 aliphatic heterocycles. The Morgan fingerprint density at radius 3 is 3.07 bits per heavy atom. The third-order valence-corrected chi connectivity index (χ3v) is 2.62. The van der Waals surface area contributed by atoms with Crippen molar-refractivity contribution >= 4 is 17.2 Å². The van der Waals surface area contributed by atoms with Crippen molar-refractivity contribution in [3.05, 3.63) is 22.4 Å². The lowest BCUT2D eigenvalue weighted by Crippen LogP contribution is -2.36. The van der Waals surface area contributed by atoms with Crippen LogP contribution >= 0.6 is 11.3 Å². The van der Waals surface area contributed by atoms with E-state index in [-0.39, 0.29) is 11.9 Å². The average molecular weight is 213 g/mol. The van der Waals surface area contributed by atoms with Crippen molar-refractivity contribution in [1.29, 1.82) is 0 Å². The molecule has 1 aromatic heterocycles. The number of methoxy groups -OCH3 is 1. The topological polar surface area (TPSA) is 38.3 Å². The fraction of sp³-hybridized carbons (Fsp3) is 0.500. The van der Waals surface area contributed by atoms with Crippen molar-refractivity contribution in [2.45, 2.75) is 19.4 Å². The minimum Gasteiger partial charge on any atom is -0.383 e. The molecule has 1 rings (SSSR count).